The van der Waals surface area contributed by atoms with E-state index in [0.717, 1.165) is 21.8 Å². The van der Waals surface area contributed by atoms with Crippen molar-refractivity contribution < 1.29 is 9.53 Å². The molecular weight excluding hydrogens is 346 g/mol. The molecule has 0 saturated carbocycles. The van der Waals surface area contributed by atoms with Gasteiger partial charge in [0.2, 0.25) is 0 Å². The highest BCUT2D eigenvalue weighted by atomic mass is 32.1. The smallest absolute Gasteiger partial charge is 0.413 e. The zero-order valence-electron chi connectivity index (χ0n) is 14.2. The fourth-order valence-corrected chi connectivity index (χ4v) is 3.39. The van der Waals surface area contributed by atoms with Gasteiger partial charge in [-0.05, 0) is 12.5 Å². The van der Waals surface area contributed by atoms with Crippen LogP contribution in [0.15, 0.2) is 66.2 Å². The maximum atomic E-state index is 12.3. The molecule has 5 nitrogen and oxygen atoms in total. The highest BCUT2D eigenvalue weighted by Crippen LogP contribution is 2.31. The predicted octanol–water partition coefficient (Wildman–Crippen LogP) is 5.12. The molecule has 0 spiro atoms. The van der Waals surface area contributed by atoms with Crippen LogP contribution in [0.4, 0.5) is 10.6 Å². The van der Waals surface area contributed by atoms with Crippen LogP contribution in [0.1, 0.15) is 11.1 Å². The second-order valence-electron chi connectivity index (χ2n) is 5.92. The summed E-state index contributed by atoms with van der Waals surface area (Å²) in [5, 5.41) is 4.78. The summed E-state index contributed by atoms with van der Waals surface area (Å²) < 4.78 is 7.21. The van der Waals surface area contributed by atoms with Gasteiger partial charge in [0, 0.05) is 17.1 Å². The van der Waals surface area contributed by atoms with E-state index in [2.05, 4.69) is 10.3 Å². The molecule has 0 aliphatic heterocycles. The number of nitrogens with zero attached hydrogens (tertiary/aromatic N) is 2. The van der Waals surface area contributed by atoms with Crippen LogP contribution >= 0.6 is 11.3 Å². The van der Waals surface area contributed by atoms with Gasteiger partial charge in [0.15, 0.2) is 4.96 Å². The molecule has 4 rings (SSSR count). The molecule has 1 amide bonds. The molecule has 2 heterocycles. The minimum Gasteiger partial charge on any atom is -0.444 e. The molecule has 0 fully saturated rings. The van der Waals surface area contributed by atoms with E-state index in [4.69, 9.17) is 4.74 Å². The molecule has 2 aromatic carbocycles. The van der Waals surface area contributed by atoms with Crippen LogP contribution in [0, 0.1) is 6.92 Å². The first-order chi connectivity index (χ1) is 12.7. The Morgan fingerprint density at radius 3 is 2.69 bits per heavy atom. The van der Waals surface area contributed by atoms with Crippen LogP contribution in [0.2, 0.25) is 0 Å². The molecule has 0 atom stereocenters. The van der Waals surface area contributed by atoms with Crippen LogP contribution < -0.4 is 5.32 Å². The normalized spacial score (nSPS) is 10.8. The number of aryl methyl sites for hydroxylation is 1. The van der Waals surface area contributed by atoms with Crippen LogP contribution in [0.5, 0.6) is 0 Å². The average molecular weight is 363 g/mol. The van der Waals surface area contributed by atoms with Crippen molar-refractivity contribution in [3.05, 3.63) is 77.3 Å². The zero-order valence-corrected chi connectivity index (χ0v) is 15.0. The van der Waals surface area contributed by atoms with E-state index in [1.165, 1.54) is 16.9 Å². The fraction of sp³-hybridized carbons (Fsp3) is 0.100. The molecular formula is C20H17N3O2S. The van der Waals surface area contributed by atoms with Crippen LogP contribution in [-0.2, 0) is 11.3 Å². The lowest BCUT2D eigenvalue weighted by Gasteiger charge is -2.08. The van der Waals surface area contributed by atoms with Gasteiger partial charge in [-0.25, -0.2) is 9.78 Å². The second kappa shape index (κ2) is 7.01. The molecule has 0 bridgehead atoms. The van der Waals surface area contributed by atoms with Gasteiger partial charge in [0.25, 0.3) is 0 Å². The lowest BCUT2D eigenvalue weighted by atomic mass is 10.1. The minimum atomic E-state index is -0.504. The maximum Gasteiger partial charge on any atom is 0.413 e. The molecule has 0 radical (unpaired) electrons. The number of ether oxygens (including phenoxy) is 1. The molecule has 130 valence electrons. The molecule has 0 saturated heterocycles. The van der Waals surface area contributed by atoms with Gasteiger partial charge in [-0.2, -0.15) is 0 Å². The summed E-state index contributed by atoms with van der Waals surface area (Å²) >= 11 is 1.52. The number of carbonyl (C=O) groups excluding carboxylic acids is 1. The van der Waals surface area contributed by atoms with Crippen molar-refractivity contribution in [1.82, 2.24) is 9.38 Å². The van der Waals surface area contributed by atoms with Crippen LogP contribution in [-0.4, -0.2) is 15.5 Å². The first-order valence-electron chi connectivity index (χ1n) is 8.21. The van der Waals surface area contributed by atoms with E-state index in [0.29, 0.717) is 5.82 Å². The van der Waals surface area contributed by atoms with Crippen LogP contribution in [0.25, 0.3) is 16.2 Å². The standard InChI is InChI=1S/C20H17N3O2S/c1-14-7-9-16(10-8-14)17-18(23-11-12-26-19(23)21-17)22-20(24)25-13-15-5-3-2-4-6-15/h2-12H,13H2,1H3,(H,22,24). The average Bonchev–Trinajstić information content (AvgIpc) is 3.24. The SMILES string of the molecule is Cc1ccc(-c2nc3sccn3c2NC(=O)OCc2ccccc2)cc1. The lowest BCUT2D eigenvalue weighted by Crippen LogP contribution is -2.15. The van der Waals surface area contributed by atoms with Gasteiger partial charge in [0.05, 0.1) is 0 Å². The second-order valence-corrected chi connectivity index (χ2v) is 6.79. The van der Waals surface area contributed by atoms with Crippen molar-refractivity contribution in [3.8, 4) is 11.3 Å². The van der Waals surface area contributed by atoms with Crippen LogP contribution in [0.3, 0.4) is 0 Å². The summed E-state index contributed by atoms with van der Waals surface area (Å²) in [6.07, 6.45) is 1.38. The van der Waals surface area contributed by atoms with Crippen molar-refractivity contribution in [2.24, 2.45) is 0 Å². The number of carbonyl (C=O) groups is 1. The van der Waals surface area contributed by atoms with E-state index in [1.807, 2.05) is 77.5 Å². The number of fused-ring (bicyclic) bond motifs is 1. The van der Waals surface area contributed by atoms with Gasteiger partial charge >= 0.3 is 6.09 Å². The van der Waals surface area contributed by atoms with Gasteiger partial charge in [-0.1, -0.05) is 60.2 Å². The predicted molar refractivity (Wildman–Crippen MR) is 103 cm³/mol. The van der Waals surface area contributed by atoms with Crippen molar-refractivity contribution in [3.63, 3.8) is 0 Å². The topological polar surface area (TPSA) is 55.6 Å². The summed E-state index contributed by atoms with van der Waals surface area (Å²) in [5.41, 5.74) is 3.79. The number of hydrogen-bond donors (Lipinski definition) is 1. The van der Waals surface area contributed by atoms with E-state index >= 15 is 0 Å². The molecule has 6 heteroatoms. The Morgan fingerprint density at radius 2 is 1.92 bits per heavy atom. The number of benzene rings is 2. The van der Waals surface area contributed by atoms with Gasteiger partial charge in [-0.15, -0.1) is 11.3 Å². The fourth-order valence-electron chi connectivity index (χ4n) is 2.67. The number of aromatic nitrogens is 2. The Labute approximate surface area is 154 Å². The van der Waals surface area contributed by atoms with E-state index < -0.39 is 6.09 Å². The summed E-state index contributed by atoms with van der Waals surface area (Å²) in [7, 11) is 0. The molecule has 26 heavy (non-hydrogen) atoms. The third-order valence-electron chi connectivity index (χ3n) is 4.02. The molecule has 0 unspecified atom stereocenters. The highest BCUT2D eigenvalue weighted by Gasteiger charge is 2.17. The van der Waals surface area contributed by atoms with E-state index in [9.17, 15) is 4.79 Å². The Morgan fingerprint density at radius 1 is 1.15 bits per heavy atom. The molecule has 1 N–H and O–H groups in total. The number of imidazole rings is 1. The quantitative estimate of drug-likeness (QED) is 0.547. The molecule has 4 aromatic rings. The Kier molecular flexibility index (Phi) is 4.41. The monoisotopic (exact) mass is 363 g/mol. The Hall–Kier alpha value is -3.12. The minimum absolute atomic E-state index is 0.220. The lowest BCUT2D eigenvalue weighted by molar-refractivity contribution is 0.155. The van der Waals surface area contributed by atoms with Crippen molar-refractivity contribution in [2.45, 2.75) is 13.5 Å². The highest BCUT2D eigenvalue weighted by molar-refractivity contribution is 7.15. The molecule has 0 aliphatic carbocycles. The van der Waals surface area contributed by atoms with Crippen molar-refractivity contribution in [1.29, 1.82) is 0 Å². The summed E-state index contributed by atoms with van der Waals surface area (Å²) in [4.78, 5) is 17.8. The van der Waals surface area contributed by atoms with Crippen molar-refractivity contribution >= 4 is 28.2 Å². The number of nitrogens with one attached hydrogen (secondary N) is 1. The number of thiazole rings is 1. The third-order valence-corrected chi connectivity index (χ3v) is 4.78. The zero-order chi connectivity index (χ0) is 17.9. The van der Waals surface area contributed by atoms with E-state index in [-0.39, 0.29) is 6.61 Å². The van der Waals surface area contributed by atoms with Crippen molar-refractivity contribution in [2.75, 3.05) is 5.32 Å². The number of rotatable bonds is 4. The summed E-state index contributed by atoms with van der Waals surface area (Å²) in [6.45, 7) is 2.26. The Bertz CT molecular complexity index is 1040. The van der Waals surface area contributed by atoms with Gasteiger partial charge in [-0.3, -0.25) is 9.72 Å². The number of amides is 1. The Balaban J connectivity index is 1.58. The number of anilines is 1. The number of hydrogen-bond acceptors (Lipinski definition) is 4. The maximum absolute atomic E-state index is 12.3. The molecule has 0 aliphatic rings. The largest absolute Gasteiger partial charge is 0.444 e. The van der Waals surface area contributed by atoms with Gasteiger partial charge in [0.1, 0.15) is 18.1 Å². The summed E-state index contributed by atoms with van der Waals surface area (Å²) in [5.74, 6) is 0.614. The van der Waals surface area contributed by atoms with E-state index in [1.54, 1.807) is 0 Å². The van der Waals surface area contributed by atoms with Gasteiger partial charge < -0.3 is 4.74 Å². The summed E-state index contributed by atoms with van der Waals surface area (Å²) in [6, 6.07) is 17.7. The molecule has 2 aromatic heterocycles. The first kappa shape index (κ1) is 16.4. The first-order valence-corrected chi connectivity index (χ1v) is 9.09. The third kappa shape index (κ3) is 3.32.